The minimum absolute atomic E-state index is 0.0586. The third-order valence-corrected chi connectivity index (χ3v) is 6.89. The Balaban J connectivity index is 1.36. The molecule has 0 saturated carbocycles. The van der Waals surface area contributed by atoms with Gasteiger partial charge in [-0.3, -0.25) is 9.59 Å². The highest BCUT2D eigenvalue weighted by molar-refractivity contribution is 7.99. The molecule has 0 spiro atoms. The van der Waals surface area contributed by atoms with Gasteiger partial charge in [-0.15, -0.1) is 21.6 Å². The van der Waals surface area contributed by atoms with Crippen molar-refractivity contribution in [1.29, 1.82) is 0 Å². The minimum atomic E-state index is -0.514. The number of para-hydroxylation sites is 1. The third-order valence-electron chi connectivity index (χ3n) is 5.03. The van der Waals surface area contributed by atoms with Crippen LogP contribution < -0.4 is 5.56 Å². The van der Waals surface area contributed by atoms with Crippen molar-refractivity contribution in [3.8, 4) is 17.0 Å². The number of aromatic hydroxyl groups is 1. The highest BCUT2D eigenvalue weighted by Crippen LogP contribution is 2.36. The Morgan fingerprint density at radius 1 is 1.12 bits per heavy atom. The summed E-state index contributed by atoms with van der Waals surface area (Å²) < 4.78 is 0. The molecular weight excluding hydrogens is 458 g/mol. The highest BCUT2D eigenvalue weighted by Gasteiger charge is 2.17. The van der Waals surface area contributed by atoms with E-state index in [0.717, 1.165) is 27.8 Å². The van der Waals surface area contributed by atoms with E-state index in [1.54, 1.807) is 18.2 Å². The fourth-order valence-electron chi connectivity index (χ4n) is 3.60. The molecular formula is C23H17N5O3S2. The molecule has 5 aromatic rings. The number of aromatic amines is 2. The number of benzene rings is 2. The summed E-state index contributed by atoms with van der Waals surface area (Å²) >= 11 is 2.52. The lowest BCUT2D eigenvalue weighted by Gasteiger charge is -2.02. The van der Waals surface area contributed by atoms with Crippen LogP contribution in [0.25, 0.3) is 32.2 Å². The number of aryl methyl sites for hydroxylation is 1. The second-order valence-corrected chi connectivity index (χ2v) is 9.37. The van der Waals surface area contributed by atoms with Crippen LogP contribution in [0.1, 0.15) is 4.88 Å². The molecule has 0 atom stereocenters. The summed E-state index contributed by atoms with van der Waals surface area (Å²) in [6.07, 6.45) is 0. The van der Waals surface area contributed by atoms with E-state index in [0.29, 0.717) is 26.3 Å². The fraction of sp³-hybridized carbons (Fsp3) is 0.0870. The number of thiophene rings is 1. The number of rotatable bonds is 5. The molecule has 0 aliphatic rings. The molecule has 164 valence electrons. The zero-order chi connectivity index (χ0) is 22.9. The van der Waals surface area contributed by atoms with Gasteiger partial charge in [0, 0.05) is 15.8 Å². The standard InChI is InChI=1S/C23H17N5O3S2/c1-12-17(13-7-3-2-4-8-13)18-20(30)25-23(26-22(18)33-12)32-11-16(29)27-28-19-14-9-5-6-10-15(14)24-21(19)31/h2-10,24,31H,11H2,1H3,(H,25,26,30). The number of carbonyl (C=O) groups is 1. The number of hydrogen-bond acceptors (Lipinski definition) is 7. The number of thioether (sulfide) groups is 1. The first-order chi connectivity index (χ1) is 16.0. The normalized spacial score (nSPS) is 11.7. The van der Waals surface area contributed by atoms with E-state index >= 15 is 0 Å². The Morgan fingerprint density at radius 3 is 2.70 bits per heavy atom. The molecule has 0 aliphatic carbocycles. The summed E-state index contributed by atoms with van der Waals surface area (Å²) in [5.41, 5.74) is 2.50. The molecule has 0 saturated heterocycles. The van der Waals surface area contributed by atoms with E-state index in [1.807, 2.05) is 43.3 Å². The molecule has 3 N–H and O–H groups in total. The van der Waals surface area contributed by atoms with Crippen LogP contribution in [0.5, 0.6) is 5.88 Å². The largest absolute Gasteiger partial charge is 0.493 e. The number of nitrogens with one attached hydrogen (secondary N) is 2. The van der Waals surface area contributed by atoms with Crippen molar-refractivity contribution >= 4 is 55.8 Å². The monoisotopic (exact) mass is 475 g/mol. The van der Waals surface area contributed by atoms with Gasteiger partial charge in [0.15, 0.2) is 10.8 Å². The average molecular weight is 476 g/mol. The second-order valence-electron chi connectivity index (χ2n) is 7.20. The molecule has 5 rings (SSSR count). The Bertz CT molecular complexity index is 1580. The van der Waals surface area contributed by atoms with Crippen molar-refractivity contribution < 1.29 is 9.90 Å². The molecule has 8 nitrogen and oxygen atoms in total. The predicted octanol–water partition coefficient (Wildman–Crippen LogP) is 5.55. The SMILES string of the molecule is Cc1sc2nc(SCC(=O)N=Nc3c(O)[nH]c4ccccc34)[nH]c(=O)c2c1-c1ccccc1. The maximum Gasteiger partial charge on any atom is 0.275 e. The molecule has 33 heavy (non-hydrogen) atoms. The van der Waals surface area contributed by atoms with Crippen LogP contribution in [0.4, 0.5) is 5.69 Å². The van der Waals surface area contributed by atoms with Gasteiger partial charge in [-0.25, -0.2) is 4.98 Å². The fourth-order valence-corrected chi connectivity index (χ4v) is 5.34. The first-order valence-electron chi connectivity index (χ1n) is 9.97. The van der Waals surface area contributed by atoms with Gasteiger partial charge < -0.3 is 15.1 Å². The summed E-state index contributed by atoms with van der Waals surface area (Å²) in [7, 11) is 0. The van der Waals surface area contributed by atoms with Crippen LogP contribution in [0.3, 0.4) is 0 Å². The molecule has 0 bridgehead atoms. The molecule has 0 aliphatic heterocycles. The zero-order valence-electron chi connectivity index (χ0n) is 17.3. The lowest BCUT2D eigenvalue weighted by molar-refractivity contribution is -0.115. The average Bonchev–Trinajstić information content (AvgIpc) is 3.32. The number of H-pyrrole nitrogens is 2. The van der Waals surface area contributed by atoms with Gasteiger partial charge in [0.05, 0.1) is 16.7 Å². The molecule has 0 unspecified atom stereocenters. The molecule has 0 radical (unpaired) electrons. The van der Waals surface area contributed by atoms with Crippen LogP contribution in [0.15, 0.2) is 74.8 Å². The highest BCUT2D eigenvalue weighted by atomic mass is 32.2. The molecule has 1 amide bonds. The van der Waals surface area contributed by atoms with Crippen LogP contribution >= 0.6 is 23.1 Å². The Hall–Kier alpha value is -3.76. The number of hydrogen-bond donors (Lipinski definition) is 3. The van der Waals surface area contributed by atoms with Crippen LogP contribution in [0, 0.1) is 6.92 Å². The molecule has 2 aromatic carbocycles. The molecule has 0 fully saturated rings. The van der Waals surface area contributed by atoms with Crippen molar-refractivity contribution in [3.05, 3.63) is 69.8 Å². The van der Waals surface area contributed by atoms with Crippen LogP contribution in [-0.4, -0.2) is 31.7 Å². The Kier molecular flexibility index (Phi) is 5.53. The number of amides is 1. The summed E-state index contributed by atoms with van der Waals surface area (Å²) in [4.78, 5) is 36.8. The Morgan fingerprint density at radius 2 is 1.88 bits per heavy atom. The van der Waals surface area contributed by atoms with Gasteiger partial charge in [-0.2, -0.15) is 0 Å². The van der Waals surface area contributed by atoms with E-state index in [-0.39, 0.29) is 22.9 Å². The van der Waals surface area contributed by atoms with Crippen molar-refractivity contribution in [2.24, 2.45) is 10.2 Å². The van der Waals surface area contributed by atoms with E-state index in [2.05, 4.69) is 25.2 Å². The summed E-state index contributed by atoms with van der Waals surface area (Å²) in [6, 6.07) is 16.9. The smallest absolute Gasteiger partial charge is 0.275 e. The van der Waals surface area contributed by atoms with Gasteiger partial charge >= 0.3 is 0 Å². The zero-order valence-corrected chi connectivity index (χ0v) is 19.0. The summed E-state index contributed by atoms with van der Waals surface area (Å²) in [6.45, 7) is 1.96. The van der Waals surface area contributed by atoms with Crippen LogP contribution in [-0.2, 0) is 4.79 Å². The summed E-state index contributed by atoms with van der Waals surface area (Å²) in [5.74, 6) is -0.726. The predicted molar refractivity (Wildman–Crippen MR) is 131 cm³/mol. The lowest BCUT2D eigenvalue weighted by atomic mass is 10.0. The molecule has 10 heteroatoms. The van der Waals surface area contributed by atoms with Gasteiger partial charge in [0.25, 0.3) is 11.5 Å². The topological polar surface area (TPSA) is 124 Å². The Labute approximate surface area is 195 Å². The van der Waals surface area contributed by atoms with Crippen molar-refractivity contribution in [2.75, 3.05) is 5.75 Å². The van der Waals surface area contributed by atoms with E-state index in [1.165, 1.54) is 11.3 Å². The van der Waals surface area contributed by atoms with Gasteiger partial charge in [0.2, 0.25) is 5.88 Å². The number of azo groups is 1. The van der Waals surface area contributed by atoms with Gasteiger partial charge in [-0.05, 0) is 18.6 Å². The van der Waals surface area contributed by atoms with Gasteiger partial charge in [0.1, 0.15) is 4.83 Å². The van der Waals surface area contributed by atoms with Crippen molar-refractivity contribution in [1.82, 2.24) is 15.0 Å². The third kappa shape index (κ3) is 4.06. The van der Waals surface area contributed by atoms with E-state index in [4.69, 9.17) is 0 Å². The van der Waals surface area contributed by atoms with Crippen molar-refractivity contribution in [3.63, 3.8) is 0 Å². The van der Waals surface area contributed by atoms with Crippen LogP contribution in [0.2, 0.25) is 0 Å². The van der Waals surface area contributed by atoms with E-state index < -0.39 is 5.91 Å². The van der Waals surface area contributed by atoms with Gasteiger partial charge in [-0.1, -0.05) is 60.3 Å². The molecule has 3 heterocycles. The van der Waals surface area contributed by atoms with Crippen molar-refractivity contribution in [2.45, 2.75) is 12.1 Å². The first-order valence-corrected chi connectivity index (χ1v) is 11.8. The lowest BCUT2D eigenvalue weighted by Crippen LogP contribution is -2.09. The maximum atomic E-state index is 12.8. The minimum Gasteiger partial charge on any atom is -0.493 e. The summed E-state index contributed by atoms with van der Waals surface area (Å²) in [5, 5.41) is 19.2. The first kappa shape index (κ1) is 21.1. The quantitative estimate of drug-likeness (QED) is 0.175. The number of nitrogens with zero attached hydrogens (tertiary/aromatic N) is 3. The molecule has 3 aromatic heterocycles. The number of aromatic nitrogens is 3. The number of carbonyl (C=O) groups excluding carboxylic acids is 1. The maximum absolute atomic E-state index is 12.8. The second kappa shape index (κ2) is 8.64. The number of fused-ring (bicyclic) bond motifs is 2. The van der Waals surface area contributed by atoms with E-state index in [9.17, 15) is 14.7 Å².